The van der Waals surface area contributed by atoms with E-state index in [2.05, 4.69) is 36.5 Å². The summed E-state index contributed by atoms with van der Waals surface area (Å²) in [5, 5.41) is 2.87. The lowest BCUT2D eigenvalue weighted by Gasteiger charge is -2.15. The molecular weight excluding hydrogens is 380 g/mol. The van der Waals surface area contributed by atoms with E-state index in [0.29, 0.717) is 25.2 Å². The molecule has 1 amide bonds. The van der Waals surface area contributed by atoms with Crippen molar-refractivity contribution in [1.29, 1.82) is 0 Å². The first-order valence-corrected chi connectivity index (χ1v) is 11.5. The summed E-state index contributed by atoms with van der Waals surface area (Å²) in [6.07, 6.45) is 1.81. The molecule has 0 radical (unpaired) electrons. The number of benzene rings is 2. The van der Waals surface area contributed by atoms with Gasteiger partial charge >= 0.3 is 0 Å². The maximum Gasteiger partial charge on any atom is 0.251 e. The van der Waals surface area contributed by atoms with E-state index in [1.54, 1.807) is 23.9 Å². The highest BCUT2D eigenvalue weighted by Gasteiger charge is 2.27. The van der Waals surface area contributed by atoms with Gasteiger partial charge in [0.25, 0.3) is 5.91 Å². The van der Waals surface area contributed by atoms with Crippen molar-refractivity contribution in [3.63, 3.8) is 0 Å². The van der Waals surface area contributed by atoms with Crippen molar-refractivity contribution in [3.05, 3.63) is 59.7 Å². The van der Waals surface area contributed by atoms with E-state index < -0.39 is 10.0 Å². The zero-order valence-electron chi connectivity index (χ0n) is 15.3. The average molecular weight is 405 g/mol. The highest BCUT2D eigenvalue weighted by atomic mass is 32.2. The molecule has 0 unspecified atom stereocenters. The molecule has 0 saturated carbocycles. The minimum Gasteiger partial charge on any atom is -0.351 e. The van der Waals surface area contributed by atoms with Crippen LogP contribution in [0, 0.1) is 6.92 Å². The van der Waals surface area contributed by atoms with Gasteiger partial charge < -0.3 is 5.32 Å². The molecule has 2 aromatic rings. The van der Waals surface area contributed by atoms with Crippen LogP contribution in [0.2, 0.25) is 0 Å². The lowest BCUT2D eigenvalue weighted by atomic mass is 10.2. The van der Waals surface area contributed by atoms with Crippen LogP contribution in [0.4, 0.5) is 0 Å². The summed E-state index contributed by atoms with van der Waals surface area (Å²) >= 11 is 1.69. The van der Waals surface area contributed by atoms with Crippen LogP contribution in [-0.4, -0.2) is 44.0 Å². The Kier molecular flexibility index (Phi) is 6.57. The van der Waals surface area contributed by atoms with E-state index in [1.807, 2.05) is 0 Å². The first kappa shape index (κ1) is 19.9. The number of nitrogens with one attached hydrogen (secondary N) is 1. The third-order valence-corrected chi connectivity index (χ3v) is 7.42. The predicted molar refractivity (Wildman–Crippen MR) is 109 cm³/mol. The van der Waals surface area contributed by atoms with Crippen LogP contribution in [-0.2, 0) is 10.0 Å². The van der Waals surface area contributed by atoms with Crippen molar-refractivity contribution in [2.24, 2.45) is 0 Å². The highest BCUT2D eigenvalue weighted by Crippen LogP contribution is 2.21. The van der Waals surface area contributed by atoms with Crippen LogP contribution in [0.5, 0.6) is 0 Å². The first-order valence-electron chi connectivity index (χ1n) is 9.05. The molecule has 1 heterocycles. The van der Waals surface area contributed by atoms with Crippen LogP contribution in [0.25, 0.3) is 0 Å². The van der Waals surface area contributed by atoms with E-state index in [4.69, 9.17) is 0 Å². The fourth-order valence-corrected chi connectivity index (χ4v) is 5.21. The number of amides is 1. The van der Waals surface area contributed by atoms with Crippen LogP contribution in [0.3, 0.4) is 0 Å². The van der Waals surface area contributed by atoms with E-state index >= 15 is 0 Å². The highest BCUT2D eigenvalue weighted by molar-refractivity contribution is 7.99. The van der Waals surface area contributed by atoms with Gasteiger partial charge in [-0.25, -0.2) is 8.42 Å². The summed E-state index contributed by atoms with van der Waals surface area (Å²) in [6, 6.07) is 14.5. The van der Waals surface area contributed by atoms with Crippen LogP contribution < -0.4 is 5.32 Å². The molecule has 1 fully saturated rings. The second-order valence-electron chi connectivity index (χ2n) is 6.55. The largest absolute Gasteiger partial charge is 0.351 e. The number of nitrogens with zero attached hydrogens (tertiary/aromatic N) is 1. The third-order valence-electron chi connectivity index (χ3n) is 4.50. The Bertz CT molecular complexity index is 872. The number of thioether (sulfide) groups is 1. The molecule has 2 aromatic carbocycles. The van der Waals surface area contributed by atoms with Crippen molar-refractivity contribution in [2.45, 2.75) is 29.6 Å². The topological polar surface area (TPSA) is 66.5 Å². The fourth-order valence-electron chi connectivity index (χ4n) is 2.93. The summed E-state index contributed by atoms with van der Waals surface area (Å²) in [5.41, 5.74) is 1.69. The van der Waals surface area contributed by atoms with Gasteiger partial charge in [0.05, 0.1) is 4.90 Å². The monoisotopic (exact) mass is 404 g/mol. The minimum absolute atomic E-state index is 0.190. The molecule has 0 spiro atoms. The molecule has 1 N–H and O–H groups in total. The molecule has 1 aliphatic rings. The molecule has 1 saturated heterocycles. The standard InChI is InChI=1S/C20H24N2O3S2/c1-16-4-8-18(9-5-16)26-15-12-21-20(23)17-6-10-19(11-7-17)27(24,25)22-13-2-3-14-22/h4-11H,2-3,12-15H2,1H3,(H,21,23). The van der Waals surface area contributed by atoms with Crippen LogP contribution in [0.15, 0.2) is 58.3 Å². The van der Waals surface area contributed by atoms with Crippen molar-refractivity contribution in [3.8, 4) is 0 Å². The number of carbonyl (C=O) groups is 1. The minimum atomic E-state index is -3.44. The molecule has 0 aliphatic carbocycles. The molecule has 27 heavy (non-hydrogen) atoms. The van der Waals surface area contributed by atoms with Crippen molar-refractivity contribution >= 4 is 27.7 Å². The average Bonchev–Trinajstić information content (AvgIpc) is 3.22. The van der Waals surface area contributed by atoms with Crippen molar-refractivity contribution < 1.29 is 13.2 Å². The molecule has 7 heteroatoms. The maximum atomic E-state index is 12.5. The van der Waals surface area contributed by atoms with Gasteiger partial charge in [0.15, 0.2) is 0 Å². The van der Waals surface area contributed by atoms with Gasteiger partial charge in [-0.3, -0.25) is 4.79 Å². The van der Waals surface area contributed by atoms with E-state index in [1.165, 1.54) is 26.9 Å². The van der Waals surface area contributed by atoms with Gasteiger partial charge in [0.2, 0.25) is 10.0 Å². The molecule has 144 valence electrons. The fraction of sp³-hybridized carbons (Fsp3) is 0.350. The molecule has 0 bridgehead atoms. The molecule has 0 aromatic heterocycles. The van der Waals surface area contributed by atoms with Gasteiger partial charge in [-0.15, -0.1) is 11.8 Å². The van der Waals surface area contributed by atoms with E-state index in [0.717, 1.165) is 18.6 Å². The summed E-state index contributed by atoms with van der Waals surface area (Å²) in [7, 11) is -3.44. The number of hydrogen-bond acceptors (Lipinski definition) is 4. The molecule has 3 rings (SSSR count). The molecular formula is C20H24N2O3S2. The Morgan fingerprint density at radius 2 is 1.67 bits per heavy atom. The number of hydrogen-bond donors (Lipinski definition) is 1. The SMILES string of the molecule is Cc1ccc(SCCNC(=O)c2ccc(S(=O)(=O)N3CCCC3)cc2)cc1. The lowest BCUT2D eigenvalue weighted by Crippen LogP contribution is -2.28. The van der Waals surface area contributed by atoms with Crippen LogP contribution >= 0.6 is 11.8 Å². The summed E-state index contributed by atoms with van der Waals surface area (Å²) in [6.45, 7) is 3.74. The Hall–Kier alpha value is -1.83. The predicted octanol–water partition coefficient (Wildman–Crippen LogP) is 3.30. The number of carbonyl (C=O) groups excluding carboxylic acids is 1. The second-order valence-corrected chi connectivity index (χ2v) is 9.66. The summed E-state index contributed by atoms with van der Waals surface area (Å²) in [5.74, 6) is 0.584. The van der Waals surface area contributed by atoms with Crippen LogP contribution in [0.1, 0.15) is 28.8 Å². The second kappa shape index (κ2) is 8.91. The Balaban J connectivity index is 1.50. The quantitative estimate of drug-likeness (QED) is 0.568. The van der Waals surface area contributed by atoms with Gasteiger partial charge in [-0.1, -0.05) is 17.7 Å². The van der Waals surface area contributed by atoms with Gasteiger partial charge in [-0.2, -0.15) is 4.31 Å². The van der Waals surface area contributed by atoms with E-state index in [-0.39, 0.29) is 10.8 Å². The Labute approximate surface area is 165 Å². The van der Waals surface area contributed by atoms with Crippen molar-refractivity contribution in [2.75, 3.05) is 25.4 Å². The van der Waals surface area contributed by atoms with Gasteiger partial charge in [-0.05, 0) is 56.2 Å². The Morgan fingerprint density at radius 3 is 2.30 bits per heavy atom. The van der Waals surface area contributed by atoms with E-state index in [9.17, 15) is 13.2 Å². The first-order chi connectivity index (χ1) is 13.0. The Morgan fingerprint density at radius 1 is 1.04 bits per heavy atom. The maximum absolute atomic E-state index is 12.5. The van der Waals surface area contributed by atoms with Gasteiger partial charge in [0, 0.05) is 35.8 Å². The zero-order valence-corrected chi connectivity index (χ0v) is 17.0. The number of aryl methyl sites for hydroxylation is 1. The zero-order chi connectivity index (χ0) is 19.3. The smallest absolute Gasteiger partial charge is 0.251 e. The van der Waals surface area contributed by atoms with Crippen molar-refractivity contribution in [1.82, 2.24) is 9.62 Å². The summed E-state index contributed by atoms with van der Waals surface area (Å²) in [4.78, 5) is 13.7. The lowest BCUT2D eigenvalue weighted by molar-refractivity contribution is 0.0956. The normalized spacial score (nSPS) is 15.0. The molecule has 1 aliphatic heterocycles. The molecule has 5 nitrogen and oxygen atoms in total. The summed E-state index contributed by atoms with van der Waals surface area (Å²) < 4.78 is 26.5. The molecule has 0 atom stereocenters. The third kappa shape index (κ3) is 5.12. The number of sulfonamides is 1. The number of rotatable bonds is 7. The van der Waals surface area contributed by atoms with Gasteiger partial charge in [0.1, 0.15) is 0 Å².